The van der Waals surface area contributed by atoms with E-state index in [1.54, 1.807) is 12.4 Å². The Morgan fingerprint density at radius 1 is 1.16 bits per heavy atom. The van der Waals surface area contributed by atoms with Crippen LogP contribution < -0.4 is 4.90 Å². The molecule has 0 amide bonds. The van der Waals surface area contributed by atoms with Gasteiger partial charge in [0.2, 0.25) is 5.95 Å². The number of aromatic nitrogens is 4. The lowest BCUT2D eigenvalue weighted by Crippen LogP contribution is -2.35. The Balaban J connectivity index is 1.78. The van der Waals surface area contributed by atoms with Gasteiger partial charge in [0.05, 0.1) is 0 Å². The maximum Gasteiger partial charge on any atom is 0.225 e. The normalized spacial score (nSPS) is 19.4. The summed E-state index contributed by atoms with van der Waals surface area (Å²) in [6, 6.07) is 3.87. The number of piperidine rings is 1. The largest absolute Gasteiger partial charge is 0.340 e. The van der Waals surface area contributed by atoms with Crippen LogP contribution in [-0.2, 0) is 0 Å². The van der Waals surface area contributed by atoms with Crippen LogP contribution in [0.15, 0.2) is 30.7 Å². The van der Waals surface area contributed by atoms with Crippen molar-refractivity contribution in [2.24, 2.45) is 0 Å². The van der Waals surface area contributed by atoms with Crippen LogP contribution in [0.1, 0.15) is 30.3 Å². The van der Waals surface area contributed by atoms with E-state index in [1.165, 1.54) is 6.42 Å². The van der Waals surface area contributed by atoms with E-state index in [2.05, 4.69) is 24.8 Å². The molecule has 0 aromatic carbocycles. The Bertz CT molecular complexity index is 543. The van der Waals surface area contributed by atoms with Crippen molar-refractivity contribution in [3.8, 4) is 0 Å². The Kier molecular flexibility index (Phi) is 3.35. The Hall–Kier alpha value is -2.04. The van der Waals surface area contributed by atoms with Crippen molar-refractivity contribution in [1.29, 1.82) is 0 Å². The highest BCUT2D eigenvalue weighted by Crippen LogP contribution is 2.27. The fraction of sp³-hybridized carbons (Fsp3) is 0.429. The maximum atomic E-state index is 4.55. The third-order valence-corrected chi connectivity index (χ3v) is 3.47. The molecule has 2 aromatic rings. The average molecular weight is 255 g/mol. The SMILES string of the molecule is Cc1nccc(C2CCCN(c3ncccn3)C2)n1. The maximum absolute atomic E-state index is 4.55. The van der Waals surface area contributed by atoms with E-state index < -0.39 is 0 Å². The summed E-state index contributed by atoms with van der Waals surface area (Å²) in [5.74, 6) is 2.10. The molecule has 5 nitrogen and oxygen atoms in total. The molecule has 19 heavy (non-hydrogen) atoms. The lowest BCUT2D eigenvalue weighted by Gasteiger charge is -2.32. The quantitative estimate of drug-likeness (QED) is 0.821. The predicted octanol–water partition coefficient (Wildman–Crippen LogP) is 1.96. The predicted molar refractivity (Wildman–Crippen MR) is 73.0 cm³/mol. The van der Waals surface area contributed by atoms with E-state index in [4.69, 9.17) is 0 Å². The second kappa shape index (κ2) is 5.30. The zero-order valence-corrected chi connectivity index (χ0v) is 11.0. The summed E-state index contributed by atoms with van der Waals surface area (Å²) in [4.78, 5) is 19.6. The van der Waals surface area contributed by atoms with Gasteiger partial charge in [-0.15, -0.1) is 0 Å². The van der Waals surface area contributed by atoms with Gasteiger partial charge in [0.15, 0.2) is 0 Å². The number of hydrogen-bond acceptors (Lipinski definition) is 5. The molecule has 2 aromatic heterocycles. The summed E-state index contributed by atoms with van der Waals surface area (Å²) in [6.07, 6.45) is 7.74. The van der Waals surface area contributed by atoms with Crippen LogP contribution in [0.5, 0.6) is 0 Å². The molecule has 1 aliphatic rings. The molecule has 1 unspecified atom stereocenters. The van der Waals surface area contributed by atoms with Crippen LogP contribution in [0.3, 0.4) is 0 Å². The van der Waals surface area contributed by atoms with Crippen molar-refractivity contribution in [2.45, 2.75) is 25.7 Å². The van der Waals surface area contributed by atoms with Gasteiger partial charge in [-0.25, -0.2) is 19.9 Å². The monoisotopic (exact) mass is 255 g/mol. The first kappa shape index (κ1) is 12.0. The van der Waals surface area contributed by atoms with Gasteiger partial charge in [-0.3, -0.25) is 0 Å². The van der Waals surface area contributed by atoms with Gasteiger partial charge >= 0.3 is 0 Å². The molecular weight excluding hydrogens is 238 g/mol. The summed E-state index contributed by atoms with van der Waals surface area (Å²) in [5, 5.41) is 0. The van der Waals surface area contributed by atoms with Gasteiger partial charge in [0.25, 0.3) is 0 Å². The highest BCUT2D eigenvalue weighted by Gasteiger charge is 2.23. The molecule has 0 saturated carbocycles. The zero-order valence-electron chi connectivity index (χ0n) is 11.0. The van der Waals surface area contributed by atoms with E-state index in [0.29, 0.717) is 5.92 Å². The summed E-state index contributed by atoms with van der Waals surface area (Å²) in [7, 11) is 0. The number of aryl methyl sites for hydroxylation is 1. The second-order valence-corrected chi connectivity index (χ2v) is 4.86. The molecule has 1 aliphatic heterocycles. The molecule has 1 saturated heterocycles. The smallest absolute Gasteiger partial charge is 0.225 e. The molecule has 1 atom stereocenters. The standard InChI is InChI=1S/C14H17N5/c1-11-15-8-5-13(18-11)12-4-2-9-19(10-12)14-16-6-3-7-17-14/h3,5-8,12H,2,4,9-10H2,1H3. The number of rotatable bonds is 2. The Morgan fingerprint density at radius 2 is 2.00 bits per heavy atom. The molecule has 3 rings (SSSR count). The molecule has 5 heteroatoms. The van der Waals surface area contributed by atoms with E-state index in [1.807, 2.05) is 25.3 Å². The Labute approximate surface area is 112 Å². The van der Waals surface area contributed by atoms with Crippen molar-refractivity contribution in [3.05, 3.63) is 42.2 Å². The summed E-state index contributed by atoms with van der Waals surface area (Å²) in [5.41, 5.74) is 1.13. The summed E-state index contributed by atoms with van der Waals surface area (Å²) in [6.45, 7) is 3.88. The fourth-order valence-corrected chi connectivity index (χ4v) is 2.56. The number of hydrogen-bond donors (Lipinski definition) is 0. The van der Waals surface area contributed by atoms with E-state index in [0.717, 1.165) is 37.0 Å². The number of nitrogens with zero attached hydrogens (tertiary/aromatic N) is 5. The van der Waals surface area contributed by atoms with Crippen LogP contribution >= 0.6 is 0 Å². The summed E-state index contributed by atoms with van der Waals surface area (Å²) < 4.78 is 0. The van der Waals surface area contributed by atoms with Crippen LogP contribution in [-0.4, -0.2) is 33.0 Å². The lowest BCUT2D eigenvalue weighted by atomic mass is 9.95. The minimum Gasteiger partial charge on any atom is -0.340 e. The molecule has 1 fully saturated rings. The highest BCUT2D eigenvalue weighted by molar-refractivity contribution is 5.31. The van der Waals surface area contributed by atoms with Gasteiger partial charge in [0.1, 0.15) is 5.82 Å². The van der Waals surface area contributed by atoms with Crippen molar-refractivity contribution in [2.75, 3.05) is 18.0 Å². The van der Waals surface area contributed by atoms with E-state index in [-0.39, 0.29) is 0 Å². The molecule has 0 N–H and O–H groups in total. The lowest BCUT2D eigenvalue weighted by molar-refractivity contribution is 0.493. The minimum atomic E-state index is 0.444. The van der Waals surface area contributed by atoms with Gasteiger partial charge in [-0.1, -0.05) is 0 Å². The van der Waals surface area contributed by atoms with Crippen LogP contribution in [0, 0.1) is 6.92 Å². The van der Waals surface area contributed by atoms with Crippen molar-refractivity contribution < 1.29 is 0 Å². The molecule has 0 radical (unpaired) electrons. The van der Waals surface area contributed by atoms with Crippen molar-refractivity contribution in [1.82, 2.24) is 19.9 Å². The first-order valence-corrected chi connectivity index (χ1v) is 6.64. The molecule has 0 aliphatic carbocycles. The van der Waals surface area contributed by atoms with E-state index in [9.17, 15) is 0 Å². The van der Waals surface area contributed by atoms with Gasteiger partial charge in [0, 0.05) is 43.3 Å². The van der Waals surface area contributed by atoms with Crippen LogP contribution in [0.25, 0.3) is 0 Å². The molecule has 0 bridgehead atoms. The third-order valence-electron chi connectivity index (χ3n) is 3.47. The zero-order chi connectivity index (χ0) is 13.1. The average Bonchev–Trinajstić information content (AvgIpc) is 2.48. The van der Waals surface area contributed by atoms with Crippen molar-refractivity contribution >= 4 is 5.95 Å². The summed E-state index contributed by atoms with van der Waals surface area (Å²) >= 11 is 0. The highest BCUT2D eigenvalue weighted by atomic mass is 15.2. The fourth-order valence-electron chi connectivity index (χ4n) is 2.56. The molecule has 98 valence electrons. The first-order valence-electron chi connectivity index (χ1n) is 6.64. The van der Waals surface area contributed by atoms with Crippen LogP contribution in [0.2, 0.25) is 0 Å². The van der Waals surface area contributed by atoms with Gasteiger partial charge < -0.3 is 4.90 Å². The molecule has 0 spiro atoms. The third kappa shape index (κ3) is 2.70. The van der Waals surface area contributed by atoms with Gasteiger partial charge in [-0.2, -0.15) is 0 Å². The molecule has 3 heterocycles. The first-order chi connectivity index (χ1) is 9.33. The topological polar surface area (TPSA) is 54.8 Å². The number of anilines is 1. The second-order valence-electron chi connectivity index (χ2n) is 4.86. The minimum absolute atomic E-state index is 0.444. The van der Waals surface area contributed by atoms with E-state index >= 15 is 0 Å². The van der Waals surface area contributed by atoms with Crippen LogP contribution in [0.4, 0.5) is 5.95 Å². The Morgan fingerprint density at radius 3 is 2.79 bits per heavy atom. The van der Waals surface area contributed by atoms with Gasteiger partial charge in [-0.05, 0) is 31.9 Å². The molecular formula is C14H17N5. The van der Waals surface area contributed by atoms with Crippen molar-refractivity contribution in [3.63, 3.8) is 0 Å².